The molecule has 0 saturated heterocycles. The van der Waals surface area contributed by atoms with Crippen LogP contribution in [-0.2, 0) is 4.79 Å². The number of ether oxygens (including phenoxy) is 1. The molecule has 21 heavy (non-hydrogen) atoms. The molecule has 0 aromatic heterocycles. The van der Waals surface area contributed by atoms with E-state index < -0.39 is 6.10 Å². The fraction of sp³-hybridized carbons (Fsp3) is 0.562. The highest BCUT2D eigenvalue weighted by atomic mass is 79.9. The summed E-state index contributed by atoms with van der Waals surface area (Å²) in [7, 11) is 0. The Bertz CT molecular complexity index is 475. The molecule has 0 saturated carbocycles. The number of nitrogens with one attached hydrogen (secondary N) is 1. The predicted octanol–water partition coefficient (Wildman–Crippen LogP) is 3.40. The van der Waals surface area contributed by atoms with Gasteiger partial charge in [-0.1, -0.05) is 29.8 Å². The Morgan fingerprint density at radius 3 is 2.57 bits per heavy atom. The van der Waals surface area contributed by atoms with Crippen molar-refractivity contribution in [2.45, 2.75) is 46.3 Å². The second-order valence-electron chi connectivity index (χ2n) is 5.70. The highest BCUT2D eigenvalue weighted by Gasteiger charge is 2.17. The van der Waals surface area contributed by atoms with E-state index >= 15 is 0 Å². The predicted molar refractivity (Wildman–Crippen MR) is 89.3 cm³/mol. The number of rotatable bonds is 7. The lowest BCUT2D eigenvalue weighted by Gasteiger charge is -2.19. The Balaban J connectivity index is 2.65. The van der Waals surface area contributed by atoms with Gasteiger partial charge in [-0.25, -0.2) is 0 Å². The first kappa shape index (κ1) is 18.0. The quantitative estimate of drug-likeness (QED) is 0.786. The molecule has 2 unspecified atom stereocenters. The van der Waals surface area contributed by atoms with Crippen LogP contribution < -0.4 is 15.8 Å². The summed E-state index contributed by atoms with van der Waals surface area (Å²) in [5, 5.41) is 2.89. The third-order valence-corrected chi connectivity index (χ3v) is 3.65. The van der Waals surface area contributed by atoms with E-state index in [0.29, 0.717) is 18.2 Å². The third-order valence-electron chi connectivity index (χ3n) is 3.16. The van der Waals surface area contributed by atoms with Crippen molar-refractivity contribution in [3.63, 3.8) is 0 Å². The van der Waals surface area contributed by atoms with E-state index in [1.807, 2.05) is 25.1 Å². The topological polar surface area (TPSA) is 64.3 Å². The Labute approximate surface area is 135 Å². The van der Waals surface area contributed by atoms with Crippen molar-refractivity contribution in [2.75, 3.05) is 6.54 Å². The van der Waals surface area contributed by atoms with Gasteiger partial charge in [-0.3, -0.25) is 4.79 Å². The van der Waals surface area contributed by atoms with Crippen LogP contribution in [-0.4, -0.2) is 18.6 Å². The summed E-state index contributed by atoms with van der Waals surface area (Å²) in [6.45, 7) is 8.57. The van der Waals surface area contributed by atoms with Gasteiger partial charge in [-0.15, -0.1) is 0 Å². The largest absolute Gasteiger partial charge is 0.481 e. The lowest BCUT2D eigenvalue weighted by Crippen LogP contribution is -2.37. The number of halogens is 1. The van der Waals surface area contributed by atoms with Gasteiger partial charge in [-0.2, -0.15) is 0 Å². The van der Waals surface area contributed by atoms with Crippen LogP contribution in [0.5, 0.6) is 5.75 Å². The summed E-state index contributed by atoms with van der Waals surface area (Å²) in [6, 6.07) is 5.47. The zero-order chi connectivity index (χ0) is 16.0. The summed E-state index contributed by atoms with van der Waals surface area (Å²) >= 11 is 3.42. The molecule has 0 bridgehead atoms. The SMILES string of the molecule is CC(C)CCNC(=O)C(C)Oc1ccc(Br)cc1C(C)N. The van der Waals surface area contributed by atoms with Crippen LogP contribution in [0.25, 0.3) is 0 Å². The molecule has 0 radical (unpaired) electrons. The Morgan fingerprint density at radius 2 is 2.00 bits per heavy atom. The van der Waals surface area contributed by atoms with Crippen LogP contribution in [0.3, 0.4) is 0 Å². The van der Waals surface area contributed by atoms with E-state index in [1.165, 1.54) is 0 Å². The van der Waals surface area contributed by atoms with Gasteiger partial charge in [0.05, 0.1) is 0 Å². The van der Waals surface area contributed by atoms with Gasteiger partial charge in [-0.05, 0) is 44.4 Å². The zero-order valence-corrected chi connectivity index (χ0v) is 14.7. The highest BCUT2D eigenvalue weighted by molar-refractivity contribution is 9.10. The first-order chi connectivity index (χ1) is 9.81. The molecule has 0 aliphatic carbocycles. The lowest BCUT2D eigenvalue weighted by atomic mass is 10.1. The first-order valence-electron chi connectivity index (χ1n) is 7.30. The maximum Gasteiger partial charge on any atom is 0.260 e. The standard InChI is InChI=1S/C16H25BrN2O2/c1-10(2)7-8-19-16(20)12(4)21-15-6-5-13(17)9-14(15)11(3)18/h5-6,9-12H,7-8,18H2,1-4H3,(H,19,20). The molecule has 5 heteroatoms. The van der Waals surface area contributed by atoms with Gasteiger partial charge in [0.25, 0.3) is 5.91 Å². The van der Waals surface area contributed by atoms with Crippen LogP contribution in [0, 0.1) is 5.92 Å². The molecule has 4 nitrogen and oxygen atoms in total. The summed E-state index contributed by atoms with van der Waals surface area (Å²) < 4.78 is 6.71. The van der Waals surface area contributed by atoms with Crippen molar-refractivity contribution in [3.8, 4) is 5.75 Å². The minimum atomic E-state index is -0.546. The normalized spacial score (nSPS) is 13.9. The van der Waals surface area contributed by atoms with Crippen molar-refractivity contribution in [2.24, 2.45) is 11.7 Å². The van der Waals surface area contributed by atoms with Crippen molar-refractivity contribution >= 4 is 21.8 Å². The van der Waals surface area contributed by atoms with Crippen molar-refractivity contribution in [3.05, 3.63) is 28.2 Å². The van der Waals surface area contributed by atoms with Crippen LogP contribution in [0.1, 0.15) is 45.7 Å². The molecule has 0 fully saturated rings. The van der Waals surface area contributed by atoms with Gasteiger partial charge in [0.2, 0.25) is 0 Å². The van der Waals surface area contributed by atoms with Gasteiger partial charge < -0.3 is 15.8 Å². The second kappa shape index (κ2) is 8.39. The highest BCUT2D eigenvalue weighted by Crippen LogP contribution is 2.28. The molecule has 1 aromatic rings. The van der Waals surface area contributed by atoms with Gasteiger partial charge in [0.15, 0.2) is 6.10 Å². The Morgan fingerprint density at radius 1 is 1.33 bits per heavy atom. The van der Waals surface area contributed by atoms with Crippen LogP contribution >= 0.6 is 15.9 Å². The van der Waals surface area contributed by atoms with Gasteiger partial charge in [0, 0.05) is 22.6 Å². The number of hydrogen-bond acceptors (Lipinski definition) is 3. The number of carbonyl (C=O) groups is 1. The molecule has 0 aliphatic rings. The van der Waals surface area contributed by atoms with Crippen molar-refractivity contribution in [1.82, 2.24) is 5.32 Å². The molecule has 1 rings (SSSR count). The maximum absolute atomic E-state index is 12.0. The maximum atomic E-state index is 12.0. The summed E-state index contributed by atoms with van der Waals surface area (Å²) in [5.74, 6) is 1.12. The lowest BCUT2D eigenvalue weighted by molar-refractivity contribution is -0.127. The molecule has 3 N–H and O–H groups in total. The van der Waals surface area contributed by atoms with Crippen molar-refractivity contribution < 1.29 is 9.53 Å². The van der Waals surface area contributed by atoms with Crippen LogP contribution in [0.15, 0.2) is 22.7 Å². The number of hydrogen-bond donors (Lipinski definition) is 2. The third kappa shape index (κ3) is 6.06. The second-order valence-corrected chi connectivity index (χ2v) is 6.62. The molecule has 118 valence electrons. The van der Waals surface area contributed by atoms with Gasteiger partial charge >= 0.3 is 0 Å². The minimum Gasteiger partial charge on any atom is -0.481 e. The average Bonchev–Trinajstić information content (AvgIpc) is 2.39. The van der Waals surface area contributed by atoms with E-state index in [-0.39, 0.29) is 11.9 Å². The smallest absolute Gasteiger partial charge is 0.260 e. The van der Waals surface area contributed by atoms with E-state index in [4.69, 9.17) is 10.5 Å². The number of benzene rings is 1. The monoisotopic (exact) mass is 356 g/mol. The van der Waals surface area contributed by atoms with E-state index in [2.05, 4.69) is 35.1 Å². The van der Waals surface area contributed by atoms with E-state index in [9.17, 15) is 4.79 Å². The van der Waals surface area contributed by atoms with Crippen LogP contribution in [0.2, 0.25) is 0 Å². The Kier molecular flexibility index (Phi) is 7.18. The molecule has 1 amide bonds. The first-order valence-corrected chi connectivity index (χ1v) is 8.10. The van der Waals surface area contributed by atoms with Crippen LogP contribution in [0.4, 0.5) is 0 Å². The van der Waals surface area contributed by atoms with E-state index in [1.54, 1.807) is 6.92 Å². The zero-order valence-electron chi connectivity index (χ0n) is 13.2. The number of nitrogens with two attached hydrogens (primary N) is 1. The fourth-order valence-corrected chi connectivity index (χ4v) is 2.23. The molecule has 0 spiro atoms. The summed E-state index contributed by atoms with van der Waals surface area (Å²) in [6.07, 6.45) is 0.415. The summed E-state index contributed by atoms with van der Waals surface area (Å²) in [5.41, 5.74) is 6.83. The molecular formula is C16H25BrN2O2. The van der Waals surface area contributed by atoms with E-state index in [0.717, 1.165) is 16.5 Å². The molecule has 0 aliphatic heterocycles. The molecule has 2 atom stereocenters. The number of amides is 1. The summed E-state index contributed by atoms with van der Waals surface area (Å²) in [4.78, 5) is 12.0. The molecule has 0 heterocycles. The minimum absolute atomic E-state index is 0.103. The number of carbonyl (C=O) groups excluding carboxylic acids is 1. The van der Waals surface area contributed by atoms with Crippen molar-refractivity contribution in [1.29, 1.82) is 0 Å². The molecule has 1 aromatic carbocycles. The van der Waals surface area contributed by atoms with Gasteiger partial charge in [0.1, 0.15) is 5.75 Å². The average molecular weight is 357 g/mol. The fourth-order valence-electron chi connectivity index (χ4n) is 1.85. The molecular weight excluding hydrogens is 332 g/mol. The Hall–Kier alpha value is -1.07.